The van der Waals surface area contributed by atoms with Crippen molar-refractivity contribution in [1.29, 1.82) is 0 Å². The van der Waals surface area contributed by atoms with Gasteiger partial charge < -0.3 is 23.8 Å². The number of amides is 2. The largest absolute Gasteiger partial charge is 0.494 e. The topological polar surface area (TPSA) is 167 Å². The molecule has 1 N–H and O–H groups in total. The number of Topliss-reactive ketones (excluding diaryl/α,β-unsaturated/α-hetero) is 1. The first-order valence-electron chi connectivity index (χ1n) is 19.5. The molecule has 306 valence electrons. The Bertz CT molecular complexity index is 2010. The minimum absolute atomic E-state index is 0.00774. The van der Waals surface area contributed by atoms with Crippen molar-refractivity contribution in [2.24, 2.45) is 29.1 Å². The number of rotatable bonds is 9. The van der Waals surface area contributed by atoms with E-state index in [9.17, 15) is 27.6 Å². The maximum absolute atomic E-state index is 15.1. The Hall–Kier alpha value is -4.27. The first kappa shape index (κ1) is 41.4. The van der Waals surface area contributed by atoms with E-state index in [1.165, 1.54) is 37.4 Å². The third-order valence-corrected chi connectivity index (χ3v) is 13.4. The third-order valence-electron chi connectivity index (χ3n) is 11.6. The first-order valence-corrected chi connectivity index (χ1v) is 21.1. The summed E-state index contributed by atoms with van der Waals surface area (Å²) in [6.07, 6.45) is 7.48. The molecular formula is C41H54FN3O10S. The molecule has 0 unspecified atom stereocenters. The number of carbonyl (C=O) groups excluding carboxylic acids is 4. The number of carbonyl (C=O) groups is 4. The van der Waals surface area contributed by atoms with Gasteiger partial charge >= 0.3 is 5.97 Å². The molecule has 56 heavy (non-hydrogen) atoms. The second-order valence-electron chi connectivity index (χ2n) is 17.1. The van der Waals surface area contributed by atoms with Crippen LogP contribution in [0.1, 0.15) is 92.4 Å². The van der Waals surface area contributed by atoms with Gasteiger partial charge in [-0.2, -0.15) is 0 Å². The van der Waals surface area contributed by atoms with Crippen LogP contribution in [0.4, 0.5) is 4.39 Å². The number of methoxy groups -OCH3 is 2. The second kappa shape index (κ2) is 15.9. The van der Waals surface area contributed by atoms with Crippen LogP contribution in [-0.4, -0.2) is 85.6 Å². The number of benzene rings is 1. The molecule has 3 fully saturated rings. The summed E-state index contributed by atoms with van der Waals surface area (Å²) in [5, 5.41) is 0.129. The average molecular weight is 800 g/mol. The highest BCUT2D eigenvalue weighted by atomic mass is 32.2. The van der Waals surface area contributed by atoms with E-state index < -0.39 is 73.7 Å². The van der Waals surface area contributed by atoms with E-state index in [4.69, 9.17) is 18.9 Å². The predicted molar refractivity (Wildman–Crippen MR) is 205 cm³/mol. The van der Waals surface area contributed by atoms with Crippen molar-refractivity contribution >= 4 is 44.4 Å². The molecule has 2 aliphatic heterocycles. The number of halogens is 1. The third kappa shape index (κ3) is 8.97. The summed E-state index contributed by atoms with van der Waals surface area (Å²) in [6, 6.07) is 1.63. The molecule has 0 radical (unpaired) electrons. The minimum Gasteiger partial charge on any atom is -0.494 e. The van der Waals surface area contributed by atoms with Crippen LogP contribution in [0.3, 0.4) is 0 Å². The number of hydrogen-bond donors (Lipinski definition) is 1. The molecule has 1 saturated heterocycles. The number of sulfonamides is 1. The number of pyridine rings is 1. The Morgan fingerprint density at radius 2 is 1.73 bits per heavy atom. The number of aromatic nitrogens is 1. The molecule has 2 saturated carbocycles. The number of fused-ring (bicyclic) bond motifs is 3. The molecule has 6 rings (SSSR count). The summed E-state index contributed by atoms with van der Waals surface area (Å²) in [6.45, 7) is 9.19. The van der Waals surface area contributed by atoms with Crippen molar-refractivity contribution in [2.75, 3.05) is 20.8 Å². The molecule has 7 atom stereocenters. The number of ether oxygens (including phenoxy) is 4. The van der Waals surface area contributed by atoms with Gasteiger partial charge in [-0.1, -0.05) is 32.4 Å². The first-order chi connectivity index (χ1) is 26.4. The van der Waals surface area contributed by atoms with Crippen LogP contribution in [0.2, 0.25) is 0 Å². The maximum atomic E-state index is 15.1. The van der Waals surface area contributed by atoms with Crippen molar-refractivity contribution in [3.8, 4) is 17.4 Å². The molecule has 1 aromatic heterocycles. The van der Waals surface area contributed by atoms with Crippen molar-refractivity contribution in [1.82, 2.24) is 14.6 Å². The lowest BCUT2D eigenvalue weighted by Crippen LogP contribution is -2.47. The normalized spacial score (nSPS) is 29.3. The molecular weight excluding hydrogens is 746 g/mol. The zero-order valence-corrected chi connectivity index (χ0v) is 34.1. The van der Waals surface area contributed by atoms with Crippen molar-refractivity contribution in [3.05, 3.63) is 36.3 Å². The van der Waals surface area contributed by atoms with Gasteiger partial charge in [-0.25, -0.2) is 17.8 Å². The Balaban J connectivity index is 1.36. The zero-order valence-electron chi connectivity index (χ0n) is 33.3. The van der Waals surface area contributed by atoms with Crippen LogP contribution in [0.5, 0.6) is 17.4 Å². The van der Waals surface area contributed by atoms with Crippen LogP contribution in [0.15, 0.2) is 30.5 Å². The second-order valence-corrected chi connectivity index (χ2v) is 19.1. The van der Waals surface area contributed by atoms with Gasteiger partial charge in [-0.15, -0.1) is 0 Å². The highest BCUT2D eigenvalue weighted by Crippen LogP contribution is 2.57. The molecule has 2 aromatic rings. The van der Waals surface area contributed by atoms with E-state index in [2.05, 4.69) is 16.6 Å². The summed E-state index contributed by atoms with van der Waals surface area (Å²) in [7, 11) is -1.09. The fourth-order valence-electron chi connectivity index (χ4n) is 8.14. The lowest BCUT2D eigenvalue weighted by molar-refractivity contribution is -0.159. The van der Waals surface area contributed by atoms with Gasteiger partial charge in [-0.3, -0.25) is 23.9 Å². The Morgan fingerprint density at radius 1 is 1.02 bits per heavy atom. The lowest BCUT2D eigenvalue weighted by Gasteiger charge is -2.32. The van der Waals surface area contributed by atoms with Crippen molar-refractivity contribution in [2.45, 2.75) is 115 Å². The van der Waals surface area contributed by atoms with Gasteiger partial charge in [0.05, 0.1) is 61.4 Å². The number of nitrogens with zero attached hydrogens (tertiary/aromatic N) is 2. The smallest absolute Gasteiger partial charge is 0.307 e. The maximum Gasteiger partial charge on any atom is 0.307 e. The highest BCUT2D eigenvalue weighted by Gasteiger charge is 2.61. The van der Waals surface area contributed by atoms with Gasteiger partial charge in [-0.05, 0) is 82.8 Å². The van der Waals surface area contributed by atoms with Gasteiger partial charge in [0.2, 0.25) is 27.7 Å². The summed E-state index contributed by atoms with van der Waals surface area (Å²) in [5.41, 5.74) is -2.09. The number of ketones is 1. The van der Waals surface area contributed by atoms with E-state index in [1.807, 2.05) is 19.1 Å². The fraction of sp³-hybridized carbons (Fsp3) is 0.634. The van der Waals surface area contributed by atoms with Crippen LogP contribution >= 0.6 is 0 Å². The van der Waals surface area contributed by atoms with Crippen LogP contribution in [0.25, 0.3) is 10.8 Å². The van der Waals surface area contributed by atoms with Crippen molar-refractivity contribution < 1.29 is 50.9 Å². The molecule has 3 heterocycles. The minimum atomic E-state index is -3.89. The van der Waals surface area contributed by atoms with E-state index >= 15 is 4.39 Å². The zero-order chi connectivity index (χ0) is 40.7. The van der Waals surface area contributed by atoms with Crippen LogP contribution in [0, 0.1) is 34.9 Å². The van der Waals surface area contributed by atoms with Crippen molar-refractivity contribution in [3.63, 3.8) is 0 Å². The average Bonchev–Trinajstić information content (AvgIpc) is 4.05. The molecule has 2 amide bonds. The van der Waals surface area contributed by atoms with Gasteiger partial charge in [0.25, 0.3) is 0 Å². The number of hydrogen-bond acceptors (Lipinski definition) is 11. The molecule has 2 aliphatic carbocycles. The molecule has 15 heteroatoms. The summed E-state index contributed by atoms with van der Waals surface area (Å²) < 4.78 is 65.9. The van der Waals surface area contributed by atoms with E-state index in [0.717, 1.165) is 12.8 Å². The van der Waals surface area contributed by atoms with E-state index in [1.54, 1.807) is 20.8 Å². The van der Waals surface area contributed by atoms with Gasteiger partial charge in [0.15, 0.2) is 17.3 Å². The Morgan fingerprint density at radius 3 is 2.39 bits per heavy atom. The van der Waals surface area contributed by atoms with E-state index in [0.29, 0.717) is 30.4 Å². The highest BCUT2D eigenvalue weighted by molar-refractivity contribution is 7.90. The number of allylic oxidation sites excluding steroid dienone is 2. The molecule has 4 aliphatic rings. The van der Waals surface area contributed by atoms with E-state index in [-0.39, 0.29) is 67.0 Å². The van der Waals surface area contributed by atoms with Gasteiger partial charge in [0, 0.05) is 18.2 Å². The monoisotopic (exact) mass is 799 g/mol. The Labute approximate surface area is 328 Å². The van der Waals surface area contributed by atoms with Crippen LogP contribution in [-0.2, 0) is 33.9 Å². The molecule has 13 nitrogen and oxygen atoms in total. The van der Waals surface area contributed by atoms with Crippen LogP contribution < -0.4 is 18.9 Å². The molecule has 0 spiro atoms. The predicted octanol–water partition coefficient (Wildman–Crippen LogP) is 5.67. The number of nitrogens with one attached hydrogen (secondary N) is 1. The summed E-state index contributed by atoms with van der Waals surface area (Å²) in [4.78, 5) is 62.5. The molecule has 0 bridgehead atoms. The standard InChI is InChI=1S/C41H54FN3O10S/c1-23-9-8-10-24(2)28(18-36(47)55-40(3,4)5)38(48)45-22-26(54-37-30-16-31(42)34(52-6)17-29(30)35(53-7)21-43-37)15-32(45)33(46)20-41(19-25(41)12-11-23)39(49)44-56(50,51)27-13-14-27/h11-12,16-17,21,23-28,32H,8-10,13-15,18-20,22H2,1-7H3,(H,44,49)/b12-11-/t23-,24-,25-,26-,28+,32+,41-/m1/s1. The summed E-state index contributed by atoms with van der Waals surface area (Å²) in [5.74, 6) is -3.67. The summed E-state index contributed by atoms with van der Waals surface area (Å²) >= 11 is 0. The SMILES string of the molecule is COc1cc2c(OC)cnc(O[C@@H]3C[C@H]4C(=O)C[C@]5(C(=O)NS(=O)(=O)C6CC6)C[C@H]5/C=C\[C@H](C)CCC[C@@H](C)[C@H](CC(=O)OC(C)(C)C)C(=O)N4C3)c2cc1F. The quantitative estimate of drug-likeness (QED) is 0.245. The fourth-order valence-corrected chi connectivity index (χ4v) is 9.52. The van der Waals surface area contributed by atoms with Gasteiger partial charge in [0.1, 0.15) is 17.5 Å². The lowest BCUT2D eigenvalue weighted by atomic mass is 9.84. The molecule has 1 aromatic carbocycles. The number of esters is 1. The Kier molecular flexibility index (Phi) is 11.8.